The second kappa shape index (κ2) is 6.10. The Labute approximate surface area is 130 Å². The number of rotatable bonds is 5. The SMILES string of the molecule is CCOc1cccc2c1N(Cc1cccc(C(=O)O)c1)CC2. The zero-order chi connectivity index (χ0) is 15.5. The second-order valence-corrected chi connectivity index (χ2v) is 5.37. The molecule has 0 spiro atoms. The van der Waals surface area contributed by atoms with Crippen molar-refractivity contribution in [2.24, 2.45) is 0 Å². The molecule has 2 aromatic carbocycles. The van der Waals surface area contributed by atoms with Crippen LogP contribution in [0, 0.1) is 0 Å². The van der Waals surface area contributed by atoms with Gasteiger partial charge in [-0.15, -0.1) is 0 Å². The van der Waals surface area contributed by atoms with Gasteiger partial charge in [-0.1, -0.05) is 24.3 Å². The van der Waals surface area contributed by atoms with Crippen LogP contribution >= 0.6 is 0 Å². The van der Waals surface area contributed by atoms with Crippen molar-refractivity contribution in [3.8, 4) is 5.75 Å². The number of hydrogen-bond donors (Lipinski definition) is 1. The summed E-state index contributed by atoms with van der Waals surface area (Å²) in [6.45, 7) is 4.24. The first kappa shape index (κ1) is 14.4. The Hall–Kier alpha value is -2.49. The fraction of sp³-hybridized carbons (Fsp3) is 0.278. The summed E-state index contributed by atoms with van der Waals surface area (Å²) < 4.78 is 5.74. The maximum atomic E-state index is 11.1. The van der Waals surface area contributed by atoms with E-state index in [0.717, 1.165) is 30.0 Å². The first-order chi connectivity index (χ1) is 10.7. The van der Waals surface area contributed by atoms with E-state index in [1.807, 2.05) is 25.1 Å². The Bertz CT molecular complexity index is 696. The van der Waals surface area contributed by atoms with Gasteiger partial charge in [-0.25, -0.2) is 4.79 Å². The van der Waals surface area contributed by atoms with Crippen LogP contribution in [0.2, 0.25) is 0 Å². The number of ether oxygens (including phenoxy) is 1. The van der Waals surface area contributed by atoms with Gasteiger partial charge in [0.05, 0.1) is 17.9 Å². The molecule has 0 saturated heterocycles. The van der Waals surface area contributed by atoms with Gasteiger partial charge in [0.25, 0.3) is 0 Å². The van der Waals surface area contributed by atoms with Crippen LogP contribution in [0.5, 0.6) is 5.75 Å². The van der Waals surface area contributed by atoms with Crippen LogP contribution in [0.1, 0.15) is 28.4 Å². The minimum atomic E-state index is -0.890. The molecule has 0 radical (unpaired) electrons. The van der Waals surface area contributed by atoms with E-state index in [1.165, 1.54) is 5.56 Å². The Morgan fingerprint density at radius 3 is 2.86 bits per heavy atom. The van der Waals surface area contributed by atoms with E-state index in [2.05, 4.69) is 11.0 Å². The average Bonchev–Trinajstić information content (AvgIpc) is 2.92. The molecule has 0 saturated carbocycles. The molecular weight excluding hydrogens is 278 g/mol. The summed E-state index contributed by atoms with van der Waals surface area (Å²) >= 11 is 0. The van der Waals surface area contributed by atoms with Crippen LogP contribution in [0.15, 0.2) is 42.5 Å². The summed E-state index contributed by atoms with van der Waals surface area (Å²) in [6, 6.07) is 13.3. The maximum absolute atomic E-state index is 11.1. The van der Waals surface area contributed by atoms with Gasteiger partial charge in [0.2, 0.25) is 0 Å². The second-order valence-electron chi connectivity index (χ2n) is 5.37. The van der Waals surface area contributed by atoms with Crippen molar-refractivity contribution >= 4 is 11.7 Å². The lowest BCUT2D eigenvalue weighted by atomic mass is 10.1. The highest BCUT2D eigenvalue weighted by atomic mass is 16.5. The molecule has 0 unspecified atom stereocenters. The molecule has 1 heterocycles. The van der Waals surface area contributed by atoms with Crippen molar-refractivity contribution in [2.45, 2.75) is 19.9 Å². The number of carbonyl (C=O) groups is 1. The number of carboxylic acid groups (broad SMARTS) is 1. The van der Waals surface area contributed by atoms with Crippen LogP contribution in [-0.4, -0.2) is 24.2 Å². The number of hydrogen-bond acceptors (Lipinski definition) is 3. The fourth-order valence-corrected chi connectivity index (χ4v) is 2.95. The molecule has 0 aliphatic carbocycles. The van der Waals surface area contributed by atoms with Crippen molar-refractivity contribution in [3.05, 3.63) is 59.2 Å². The van der Waals surface area contributed by atoms with Crippen molar-refractivity contribution in [3.63, 3.8) is 0 Å². The lowest BCUT2D eigenvalue weighted by molar-refractivity contribution is 0.0696. The van der Waals surface area contributed by atoms with E-state index < -0.39 is 5.97 Å². The smallest absolute Gasteiger partial charge is 0.335 e. The number of anilines is 1. The zero-order valence-corrected chi connectivity index (χ0v) is 12.6. The summed E-state index contributed by atoms with van der Waals surface area (Å²) in [6.07, 6.45) is 0.995. The van der Waals surface area contributed by atoms with E-state index in [9.17, 15) is 4.79 Å². The van der Waals surface area contributed by atoms with E-state index in [1.54, 1.807) is 18.2 Å². The van der Waals surface area contributed by atoms with E-state index in [-0.39, 0.29) is 0 Å². The number of carboxylic acids is 1. The number of nitrogens with zero attached hydrogens (tertiary/aromatic N) is 1. The summed E-state index contributed by atoms with van der Waals surface area (Å²) in [7, 11) is 0. The maximum Gasteiger partial charge on any atom is 0.335 e. The standard InChI is InChI=1S/C18H19NO3/c1-2-22-16-8-4-6-14-9-10-19(17(14)16)12-13-5-3-7-15(11-13)18(20)21/h3-8,11H,2,9-10,12H2,1H3,(H,20,21). The molecular formula is C18H19NO3. The monoisotopic (exact) mass is 297 g/mol. The summed E-state index contributed by atoms with van der Waals surface area (Å²) in [5.41, 5.74) is 3.76. The molecule has 0 bridgehead atoms. The molecule has 114 valence electrons. The van der Waals surface area contributed by atoms with Crippen molar-refractivity contribution in [2.75, 3.05) is 18.1 Å². The quantitative estimate of drug-likeness (QED) is 0.919. The van der Waals surface area contributed by atoms with Crippen LogP contribution < -0.4 is 9.64 Å². The van der Waals surface area contributed by atoms with Gasteiger partial charge in [0, 0.05) is 13.1 Å². The molecule has 0 atom stereocenters. The van der Waals surface area contributed by atoms with Crippen LogP contribution in [0.25, 0.3) is 0 Å². The number of para-hydroxylation sites is 1. The van der Waals surface area contributed by atoms with Crippen LogP contribution in [0.3, 0.4) is 0 Å². The fourth-order valence-electron chi connectivity index (χ4n) is 2.95. The minimum Gasteiger partial charge on any atom is -0.492 e. The first-order valence-corrected chi connectivity index (χ1v) is 7.51. The predicted octanol–water partition coefficient (Wildman–Crippen LogP) is 3.35. The third-order valence-corrected chi connectivity index (χ3v) is 3.90. The zero-order valence-electron chi connectivity index (χ0n) is 12.6. The highest BCUT2D eigenvalue weighted by Crippen LogP contribution is 2.38. The van der Waals surface area contributed by atoms with Gasteiger partial charge in [0.15, 0.2) is 0 Å². The van der Waals surface area contributed by atoms with Crippen LogP contribution in [-0.2, 0) is 13.0 Å². The lowest BCUT2D eigenvalue weighted by Crippen LogP contribution is -2.20. The molecule has 1 aliphatic rings. The molecule has 0 fully saturated rings. The molecule has 3 rings (SSSR count). The predicted molar refractivity (Wildman–Crippen MR) is 85.8 cm³/mol. The Kier molecular flexibility index (Phi) is 4.00. The van der Waals surface area contributed by atoms with Crippen LogP contribution in [0.4, 0.5) is 5.69 Å². The molecule has 2 aromatic rings. The van der Waals surface area contributed by atoms with Gasteiger partial charge in [0.1, 0.15) is 5.75 Å². The highest BCUT2D eigenvalue weighted by Gasteiger charge is 2.23. The molecule has 0 aromatic heterocycles. The molecule has 4 nitrogen and oxygen atoms in total. The molecule has 0 amide bonds. The lowest BCUT2D eigenvalue weighted by Gasteiger charge is -2.22. The van der Waals surface area contributed by atoms with Gasteiger partial charge in [-0.05, 0) is 42.7 Å². The van der Waals surface area contributed by atoms with E-state index >= 15 is 0 Å². The van der Waals surface area contributed by atoms with Crippen molar-refractivity contribution < 1.29 is 14.6 Å². The minimum absolute atomic E-state index is 0.329. The number of aromatic carboxylic acids is 1. The summed E-state index contributed by atoms with van der Waals surface area (Å²) in [4.78, 5) is 13.4. The first-order valence-electron chi connectivity index (χ1n) is 7.51. The Morgan fingerprint density at radius 2 is 2.09 bits per heavy atom. The van der Waals surface area contributed by atoms with Gasteiger partial charge in [-0.3, -0.25) is 0 Å². The summed E-state index contributed by atoms with van der Waals surface area (Å²) in [5, 5.41) is 9.11. The van der Waals surface area contributed by atoms with E-state index in [0.29, 0.717) is 18.7 Å². The third-order valence-electron chi connectivity index (χ3n) is 3.90. The van der Waals surface area contributed by atoms with Gasteiger partial charge in [-0.2, -0.15) is 0 Å². The molecule has 1 N–H and O–H groups in total. The topological polar surface area (TPSA) is 49.8 Å². The summed E-state index contributed by atoms with van der Waals surface area (Å²) in [5.74, 6) is 0.0190. The van der Waals surface area contributed by atoms with Crippen molar-refractivity contribution in [1.82, 2.24) is 0 Å². The Morgan fingerprint density at radius 1 is 1.27 bits per heavy atom. The normalized spacial score (nSPS) is 13.0. The van der Waals surface area contributed by atoms with Gasteiger partial charge >= 0.3 is 5.97 Å². The average molecular weight is 297 g/mol. The largest absolute Gasteiger partial charge is 0.492 e. The van der Waals surface area contributed by atoms with Crippen molar-refractivity contribution in [1.29, 1.82) is 0 Å². The molecule has 4 heteroatoms. The van der Waals surface area contributed by atoms with E-state index in [4.69, 9.17) is 9.84 Å². The number of benzene rings is 2. The molecule has 1 aliphatic heterocycles. The Balaban J connectivity index is 1.87. The molecule has 22 heavy (non-hydrogen) atoms. The van der Waals surface area contributed by atoms with Gasteiger partial charge < -0.3 is 14.7 Å². The highest BCUT2D eigenvalue weighted by molar-refractivity contribution is 5.87. The third kappa shape index (κ3) is 2.77. The number of fused-ring (bicyclic) bond motifs is 1.